The lowest BCUT2D eigenvalue weighted by Gasteiger charge is -2.32. The summed E-state index contributed by atoms with van der Waals surface area (Å²) in [5, 5.41) is 2.82. The van der Waals surface area contributed by atoms with E-state index in [2.05, 4.69) is 5.32 Å². The lowest BCUT2D eigenvalue weighted by molar-refractivity contribution is -0.121. The van der Waals surface area contributed by atoms with Crippen molar-refractivity contribution < 1.29 is 22.8 Å². The summed E-state index contributed by atoms with van der Waals surface area (Å²) in [6.07, 6.45) is 1.44. The van der Waals surface area contributed by atoms with Crippen LogP contribution in [0.1, 0.15) is 28.8 Å². The van der Waals surface area contributed by atoms with Crippen LogP contribution in [0.15, 0.2) is 53.4 Å². The standard InChI is InChI=1S/C22H27N3O5S/c1-16-6-8-17(9-7-16)22(27)25-14-4-5-18(15-25)21(26)23-19-10-12-20(13-11-19)31(28,29)24(2)30-3/h6-13,18H,4-5,14-15H2,1-3H3,(H,23,26). The molecule has 1 unspecified atom stereocenters. The number of nitrogens with one attached hydrogen (secondary N) is 1. The molecule has 1 saturated heterocycles. The zero-order valence-electron chi connectivity index (χ0n) is 17.9. The van der Waals surface area contributed by atoms with Crippen molar-refractivity contribution in [2.75, 3.05) is 32.6 Å². The molecule has 0 bridgehead atoms. The number of hydrogen-bond acceptors (Lipinski definition) is 5. The highest BCUT2D eigenvalue weighted by Crippen LogP contribution is 2.22. The van der Waals surface area contributed by atoms with Crippen molar-refractivity contribution >= 4 is 27.5 Å². The fraction of sp³-hybridized carbons (Fsp3) is 0.364. The van der Waals surface area contributed by atoms with Gasteiger partial charge in [-0.15, -0.1) is 0 Å². The van der Waals surface area contributed by atoms with Gasteiger partial charge in [0.2, 0.25) is 5.91 Å². The summed E-state index contributed by atoms with van der Waals surface area (Å²) < 4.78 is 25.3. The number of sulfonamides is 1. The van der Waals surface area contributed by atoms with Gasteiger partial charge in [-0.25, -0.2) is 8.42 Å². The summed E-state index contributed by atoms with van der Waals surface area (Å²) in [7, 11) is -1.18. The van der Waals surface area contributed by atoms with Crippen LogP contribution < -0.4 is 5.32 Å². The number of piperidine rings is 1. The molecule has 0 saturated carbocycles. The average Bonchev–Trinajstić information content (AvgIpc) is 2.79. The van der Waals surface area contributed by atoms with Gasteiger partial charge in [-0.3, -0.25) is 14.4 Å². The number of likely N-dealkylation sites (tertiary alicyclic amines) is 1. The van der Waals surface area contributed by atoms with Crippen LogP contribution in [0.3, 0.4) is 0 Å². The van der Waals surface area contributed by atoms with Gasteiger partial charge in [0.15, 0.2) is 0 Å². The molecule has 0 spiro atoms. The maximum Gasteiger partial charge on any atom is 0.264 e. The van der Waals surface area contributed by atoms with Crippen molar-refractivity contribution in [2.24, 2.45) is 5.92 Å². The van der Waals surface area contributed by atoms with Gasteiger partial charge in [-0.1, -0.05) is 22.2 Å². The molecule has 1 aliphatic heterocycles. The topological polar surface area (TPSA) is 96.0 Å². The van der Waals surface area contributed by atoms with E-state index < -0.39 is 10.0 Å². The van der Waals surface area contributed by atoms with Gasteiger partial charge < -0.3 is 10.2 Å². The third-order valence-electron chi connectivity index (χ3n) is 5.39. The Morgan fingerprint density at radius 2 is 1.74 bits per heavy atom. The summed E-state index contributed by atoms with van der Waals surface area (Å²) in [5.41, 5.74) is 2.19. The predicted molar refractivity (Wildman–Crippen MR) is 117 cm³/mol. The number of benzene rings is 2. The highest BCUT2D eigenvalue weighted by atomic mass is 32.2. The van der Waals surface area contributed by atoms with Gasteiger partial charge in [0.1, 0.15) is 0 Å². The number of amides is 2. The summed E-state index contributed by atoms with van der Waals surface area (Å²) in [6, 6.07) is 13.3. The Morgan fingerprint density at radius 3 is 2.35 bits per heavy atom. The Labute approximate surface area is 182 Å². The van der Waals surface area contributed by atoms with E-state index in [1.165, 1.54) is 38.4 Å². The smallest absolute Gasteiger partial charge is 0.264 e. The normalized spacial score (nSPS) is 16.9. The van der Waals surface area contributed by atoms with E-state index in [9.17, 15) is 18.0 Å². The highest BCUT2D eigenvalue weighted by molar-refractivity contribution is 7.89. The second kappa shape index (κ2) is 9.59. The van der Waals surface area contributed by atoms with E-state index in [-0.39, 0.29) is 22.6 Å². The molecule has 2 aromatic carbocycles. The van der Waals surface area contributed by atoms with Crippen LogP contribution in [-0.2, 0) is 19.7 Å². The average molecular weight is 446 g/mol. The zero-order valence-corrected chi connectivity index (χ0v) is 18.7. The minimum atomic E-state index is -3.75. The van der Waals surface area contributed by atoms with E-state index in [1.54, 1.807) is 17.0 Å². The van der Waals surface area contributed by atoms with Crippen molar-refractivity contribution in [2.45, 2.75) is 24.7 Å². The minimum Gasteiger partial charge on any atom is -0.338 e. The first-order chi connectivity index (χ1) is 14.7. The summed E-state index contributed by atoms with van der Waals surface area (Å²) in [6.45, 7) is 2.94. The molecule has 0 aromatic heterocycles. The molecule has 1 fully saturated rings. The molecule has 0 aliphatic carbocycles. The quantitative estimate of drug-likeness (QED) is 0.690. The first kappa shape index (κ1) is 22.9. The first-order valence-corrected chi connectivity index (χ1v) is 11.5. The van der Waals surface area contributed by atoms with Crippen LogP contribution in [0.5, 0.6) is 0 Å². The Balaban J connectivity index is 1.64. The SMILES string of the molecule is CON(C)S(=O)(=O)c1ccc(NC(=O)C2CCCN(C(=O)c3ccc(C)cc3)C2)cc1. The van der Waals surface area contributed by atoms with Gasteiger partial charge in [-0.2, -0.15) is 0 Å². The van der Waals surface area contributed by atoms with Crippen molar-refractivity contribution in [1.82, 2.24) is 9.37 Å². The van der Waals surface area contributed by atoms with E-state index in [1.807, 2.05) is 19.1 Å². The van der Waals surface area contributed by atoms with Crippen LogP contribution in [0.2, 0.25) is 0 Å². The Morgan fingerprint density at radius 1 is 1.10 bits per heavy atom. The molecule has 31 heavy (non-hydrogen) atoms. The van der Waals surface area contributed by atoms with Crippen molar-refractivity contribution in [3.63, 3.8) is 0 Å². The number of carbonyl (C=O) groups excluding carboxylic acids is 2. The fourth-order valence-corrected chi connectivity index (χ4v) is 4.43. The van der Waals surface area contributed by atoms with Crippen molar-refractivity contribution in [3.8, 4) is 0 Å². The van der Waals surface area contributed by atoms with Gasteiger partial charge in [0, 0.05) is 31.4 Å². The number of anilines is 1. The molecule has 9 heteroatoms. The second-order valence-electron chi connectivity index (χ2n) is 7.57. The van der Waals surface area contributed by atoms with Gasteiger partial charge in [0.05, 0.1) is 17.9 Å². The molecule has 166 valence electrons. The molecule has 2 amide bonds. The number of aryl methyl sites for hydroxylation is 1. The lowest BCUT2D eigenvalue weighted by atomic mass is 9.96. The fourth-order valence-electron chi connectivity index (χ4n) is 3.46. The Bertz CT molecular complexity index is 1040. The van der Waals surface area contributed by atoms with Gasteiger partial charge in [-0.05, 0) is 56.2 Å². The molecule has 0 radical (unpaired) electrons. The molecule has 2 aromatic rings. The molecule has 1 N–H and O–H groups in total. The number of nitrogens with zero attached hydrogens (tertiary/aromatic N) is 2. The van der Waals surface area contributed by atoms with Crippen LogP contribution in [0.4, 0.5) is 5.69 Å². The van der Waals surface area contributed by atoms with Crippen molar-refractivity contribution in [1.29, 1.82) is 0 Å². The third-order valence-corrected chi connectivity index (χ3v) is 7.09. The molecule has 1 atom stereocenters. The second-order valence-corrected chi connectivity index (χ2v) is 9.50. The molecule has 1 aliphatic rings. The zero-order chi connectivity index (χ0) is 22.6. The summed E-state index contributed by atoms with van der Waals surface area (Å²) in [5.74, 6) is -0.591. The van der Waals surface area contributed by atoms with Crippen LogP contribution >= 0.6 is 0 Å². The largest absolute Gasteiger partial charge is 0.338 e. The van der Waals surface area contributed by atoms with E-state index in [0.717, 1.165) is 16.5 Å². The lowest BCUT2D eigenvalue weighted by Crippen LogP contribution is -2.43. The number of hydroxylamine groups is 1. The molecule has 1 heterocycles. The number of carbonyl (C=O) groups is 2. The number of hydrogen-bond donors (Lipinski definition) is 1. The highest BCUT2D eigenvalue weighted by Gasteiger charge is 2.29. The molecular formula is C22H27N3O5S. The van der Waals surface area contributed by atoms with Crippen LogP contribution in [0.25, 0.3) is 0 Å². The molecule has 3 rings (SSSR count). The van der Waals surface area contributed by atoms with E-state index in [4.69, 9.17) is 4.84 Å². The predicted octanol–water partition coefficient (Wildman–Crippen LogP) is 2.67. The Kier molecular flexibility index (Phi) is 7.09. The monoisotopic (exact) mass is 445 g/mol. The number of rotatable bonds is 6. The van der Waals surface area contributed by atoms with Crippen LogP contribution in [-0.4, -0.2) is 56.8 Å². The maximum absolute atomic E-state index is 12.8. The van der Waals surface area contributed by atoms with Gasteiger partial charge >= 0.3 is 0 Å². The summed E-state index contributed by atoms with van der Waals surface area (Å²) in [4.78, 5) is 32.1. The van der Waals surface area contributed by atoms with Crippen LogP contribution in [0, 0.1) is 12.8 Å². The molecule has 8 nitrogen and oxygen atoms in total. The first-order valence-electron chi connectivity index (χ1n) is 10.0. The van der Waals surface area contributed by atoms with Gasteiger partial charge in [0.25, 0.3) is 15.9 Å². The minimum absolute atomic E-state index is 0.0578. The maximum atomic E-state index is 12.8. The third kappa shape index (κ3) is 5.30. The van der Waals surface area contributed by atoms with Crippen molar-refractivity contribution in [3.05, 3.63) is 59.7 Å². The summed E-state index contributed by atoms with van der Waals surface area (Å²) >= 11 is 0. The van der Waals surface area contributed by atoms with E-state index >= 15 is 0 Å². The Hall–Kier alpha value is -2.75. The molecular weight excluding hydrogens is 418 g/mol. The van der Waals surface area contributed by atoms with E-state index in [0.29, 0.717) is 30.8 Å².